The largest absolute Gasteiger partial charge is 0.389 e. The molecule has 2 amide bonds. The van der Waals surface area contributed by atoms with Gasteiger partial charge in [-0.25, -0.2) is 4.39 Å². The summed E-state index contributed by atoms with van der Waals surface area (Å²) in [6.45, 7) is 0.852. The van der Waals surface area contributed by atoms with E-state index in [1.807, 2.05) is 0 Å². The molecule has 1 aromatic carbocycles. The number of nitrogens with one attached hydrogen (secondary N) is 1. The van der Waals surface area contributed by atoms with Gasteiger partial charge in [0.2, 0.25) is 5.91 Å². The van der Waals surface area contributed by atoms with Crippen LogP contribution in [0.25, 0.3) is 0 Å². The summed E-state index contributed by atoms with van der Waals surface area (Å²) < 4.78 is 12.8. The molecule has 1 heterocycles. The Balaban J connectivity index is 1.79. The van der Waals surface area contributed by atoms with Crippen molar-refractivity contribution in [3.05, 3.63) is 34.6 Å². The van der Waals surface area contributed by atoms with Gasteiger partial charge < -0.3 is 15.3 Å². The van der Waals surface area contributed by atoms with E-state index < -0.39 is 17.8 Å². The van der Waals surface area contributed by atoms with Crippen LogP contribution in [0, 0.1) is 5.82 Å². The van der Waals surface area contributed by atoms with E-state index >= 15 is 0 Å². The molecule has 0 bridgehead atoms. The maximum Gasteiger partial charge on any atom is 0.252 e. The van der Waals surface area contributed by atoms with Crippen LogP contribution in [-0.4, -0.2) is 47.6 Å². The number of rotatable bonds is 4. The van der Waals surface area contributed by atoms with E-state index in [1.54, 1.807) is 0 Å². The number of β-amino-alcohol motifs (C(OH)–C–C–N with tert-alkyl or cyclic N) is 1. The zero-order chi connectivity index (χ0) is 14.7. The number of benzene rings is 1. The van der Waals surface area contributed by atoms with Gasteiger partial charge >= 0.3 is 0 Å². The quantitative estimate of drug-likeness (QED) is 0.864. The second-order valence-corrected chi connectivity index (χ2v) is 4.99. The lowest BCUT2D eigenvalue weighted by atomic mass is 10.1. The van der Waals surface area contributed by atoms with Crippen LogP contribution in [0.3, 0.4) is 0 Å². The molecule has 2 rings (SSSR count). The van der Waals surface area contributed by atoms with Crippen molar-refractivity contribution in [3.63, 3.8) is 0 Å². The van der Waals surface area contributed by atoms with Crippen LogP contribution >= 0.6 is 11.6 Å². The van der Waals surface area contributed by atoms with Gasteiger partial charge in [0, 0.05) is 26.1 Å². The summed E-state index contributed by atoms with van der Waals surface area (Å²) in [5.74, 6) is -1.09. The Hall–Kier alpha value is -1.66. The summed E-state index contributed by atoms with van der Waals surface area (Å²) in [4.78, 5) is 24.9. The van der Waals surface area contributed by atoms with Crippen LogP contribution in [0.2, 0.25) is 5.02 Å². The van der Waals surface area contributed by atoms with Crippen molar-refractivity contribution in [2.75, 3.05) is 19.6 Å². The molecule has 1 aliphatic heterocycles. The molecule has 2 N–H and O–H groups in total. The standard InChI is InChI=1S/C13H14ClFN2O3/c14-11-5-8(15)1-2-10(11)13(20)16-4-3-12(19)17-6-9(18)7-17/h1-2,5,9,18H,3-4,6-7H2,(H,16,20). The number of nitrogens with zero attached hydrogens (tertiary/aromatic N) is 1. The van der Waals surface area contributed by atoms with Crippen molar-refractivity contribution in [2.45, 2.75) is 12.5 Å². The number of amides is 2. The molecule has 0 aliphatic carbocycles. The number of hydrogen-bond acceptors (Lipinski definition) is 3. The topological polar surface area (TPSA) is 69.6 Å². The Kier molecular flexibility index (Phi) is 4.57. The monoisotopic (exact) mass is 300 g/mol. The fraction of sp³-hybridized carbons (Fsp3) is 0.385. The predicted octanol–water partition coefficient (Wildman–Crippen LogP) is 0.802. The fourth-order valence-electron chi connectivity index (χ4n) is 1.87. The Morgan fingerprint density at radius 2 is 2.15 bits per heavy atom. The predicted molar refractivity (Wildman–Crippen MR) is 70.9 cm³/mol. The summed E-state index contributed by atoms with van der Waals surface area (Å²) >= 11 is 5.76. The van der Waals surface area contributed by atoms with Crippen molar-refractivity contribution in [2.24, 2.45) is 0 Å². The second kappa shape index (κ2) is 6.19. The minimum atomic E-state index is -0.516. The number of aliphatic hydroxyl groups excluding tert-OH is 1. The van der Waals surface area contributed by atoms with Gasteiger partial charge in [-0.05, 0) is 18.2 Å². The van der Waals surface area contributed by atoms with Crippen molar-refractivity contribution in [1.82, 2.24) is 10.2 Å². The van der Waals surface area contributed by atoms with Crippen LogP contribution in [0.4, 0.5) is 4.39 Å². The Labute approximate surface area is 120 Å². The molecule has 1 aromatic rings. The molecule has 0 spiro atoms. The van der Waals surface area contributed by atoms with E-state index in [4.69, 9.17) is 16.7 Å². The van der Waals surface area contributed by atoms with Crippen molar-refractivity contribution < 1.29 is 19.1 Å². The highest BCUT2D eigenvalue weighted by Crippen LogP contribution is 2.17. The van der Waals surface area contributed by atoms with Crippen LogP contribution in [0.5, 0.6) is 0 Å². The van der Waals surface area contributed by atoms with Gasteiger partial charge in [0.15, 0.2) is 0 Å². The smallest absolute Gasteiger partial charge is 0.252 e. The van der Waals surface area contributed by atoms with Crippen molar-refractivity contribution >= 4 is 23.4 Å². The number of carbonyl (C=O) groups is 2. The zero-order valence-corrected chi connectivity index (χ0v) is 11.4. The number of hydrogen-bond donors (Lipinski definition) is 2. The van der Waals surface area contributed by atoms with Gasteiger partial charge in [-0.2, -0.15) is 0 Å². The van der Waals surface area contributed by atoms with E-state index in [0.29, 0.717) is 13.1 Å². The Morgan fingerprint density at radius 1 is 1.45 bits per heavy atom. The minimum Gasteiger partial charge on any atom is -0.389 e. The molecular weight excluding hydrogens is 287 g/mol. The normalized spacial score (nSPS) is 14.8. The summed E-state index contributed by atoms with van der Waals surface area (Å²) in [7, 11) is 0. The summed E-state index contributed by atoms with van der Waals surface area (Å²) in [5, 5.41) is 11.6. The van der Waals surface area contributed by atoms with Gasteiger partial charge in [0.1, 0.15) is 5.82 Å². The van der Waals surface area contributed by atoms with Gasteiger partial charge in [-0.15, -0.1) is 0 Å². The second-order valence-electron chi connectivity index (χ2n) is 4.58. The van der Waals surface area contributed by atoms with E-state index in [-0.39, 0.29) is 29.5 Å². The van der Waals surface area contributed by atoms with Crippen molar-refractivity contribution in [1.29, 1.82) is 0 Å². The van der Waals surface area contributed by atoms with Gasteiger partial charge in [0.05, 0.1) is 16.7 Å². The molecule has 0 aromatic heterocycles. The first kappa shape index (κ1) is 14.7. The van der Waals surface area contributed by atoms with Crippen molar-refractivity contribution in [3.8, 4) is 0 Å². The van der Waals surface area contributed by atoms with Crippen LogP contribution in [-0.2, 0) is 4.79 Å². The lowest BCUT2D eigenvalue weighted by Crippen LogP contribution is -2.53. The lowest BCUT2D eigenvalue weighted by Gasteiger charge is -2.35. The average Bonchev–Trinajstić information content (AvgIpc) is 2.34. The summed E-state index contributed by atoms with van der Waals surface area (Å²) in [6.07, 6.45) is -0.288. The van der Waals surface area contributed by atoms with Crippen LogP contribution in [0.15, 0.2) is 18.2 Å². The maximum atomic E-state index is 12.8. The molecule has 0 saturated carbocycles. The zero-order valence-electron chi connectivity index (χ0n) is 10.6. The van der Waals surface area contributed by atoms with Crippen LogP contribution < -0.4 is 5.32 Å². The number of likely N-dealkylation sites (tertiary alicyclic amines) is 1. The molecule has 0 unspecified atom stereocenters. The third-order valence-corrected chi connectivity index (χ3v) is 3.33. The molecule has 108 valence electrons. The summed E-state index contributed by atoms with van der Waals surface area (Å²) in [5.41, 5.74) is 0.167. The highest BCUT2D eigenvalue weighted by Gasteiger charge is 2.28. The number of aliphatic hydroxyl groups is 1. The highest BCUT2D eigenvalue weighted by molar-refractivity contribution is 6.33. The number of halogens is 2. The van der Waals surface area contributed by atoms with Gasteiger partial charge in [0.25, 0.3) is 5.91 Å². The lowest BCUT2D eigenvalue weighted by molar-refractivity contribution is -0.141. The molecule has 1 fully saturated rings. The first-order chi connectivity index (χ1) is 9.47. The maximum absolute atomic E-state index is 12.8. The van der Waals surface area contributed by atoms with E-state index in [9.17, 15) is 14.0 Å². The SMILES string of the molecule is O=C(NCCC(=O)N1CC(O)C1)c1ccc(F)cc1Cl. The molecule has 5 nitrogen and oxygen atoms in total. The molecule has 7 heteroatoms. The molecule has 1 aliphatic rings. The highest BCUT2D eigenvalue weighted by atomic mass is 35.5. The third kappa shape index (κ3) is 3.46. The average molecular weight is 301 g/mol. The fourth-order valence-corrected chi connectivity index (χ4v) is 2.12. The molecule has 0 radical (unpaired) electrons. The Bertz CT molecular complexity index is 532. The Morgan fingerprint density at radius 3 is 2.75 bits per heavy atom. The van der Waals surface area contributed by atoms with E-state index in [2.05, 4.69) is 5.32 Å². The van der Waals surface area contributed by atoms with Crippen LogP contribution in [0.1, 0.15) is 16.8 Å². The van der Waals surface area contributed by atoms with E-state index in [0.717, 1.165) is 12.1 Å². The third-order valence-electron chi connectivity index (χ3n) is 3.02. The molecule has 0 atom stereocenters. The molecule has 20 heavy (non-hydrogen) atoms. The van der Waals surface area contributed by atoms with Gasteiger partial charge in [-0.3, -0.25) is 9.59 Å². The summed E-state index contributed by atoms with van der Waals surface area (Å²) in [6, 6.07) is 3.50. The van der Waals surface area contributed by atoms with Gasteiger partial charge in [-0.1, -0.05) is 11.6 Å². The first-order valence-electron chi connectivity index (χ1n) is 6.16. The molecule has 1 saturated heterocycles. The first-order valence-corrected chi connectivity index (χ1v) is 6.54. The minimum absolute atomic E-state index is 0.0275. The van der Waals surface area contributed by atoms with E-state index in [1.165, 1.54) is 11.0 Å². The molecular formula is C13H14ClFN2O3. The number of carbonyl (C=O) groups excluding carboxylic acids is 2.